The van der Waals surface area contributed by atoms with Crippen LogP contribution in [0.3, 0.4) is 0 Å². The molecule has 0 aromatic heterocycles. The number of rotatable bonds is 4. The summed E-state index contributed by atoms with van der Waals surface area (Å²) in [6, 6.07) is 0. The van der Waals surface area contributed by atoms with Gasteiger partial charge in [0.1, 0.15) is 0 Å². The Bertz CT molecular complexity index is 184. The SMILES string of the molecule is CNCCNC1(C)C=CC=CC1. The van der Waals surface area contributed by atoms with Gasteiger partial charge in [-0.2, -0.15) is 0 Å². The molecule has 1 aliphatic rings. The third-order valence-electron chi connectivity index (χ3n) is 2.16. The summed E-state index contributed by atoms with van der Waals surface area (Å²) in [7, 11) is 1.97. The van der Waals surface area contributed by atoms with E-state index in [1.807, 2.05) is 7.05 Å². The van der Waals surface area contributed by atoms with Crippen molar-refractivity contribution < 1.29 is 0 Å². The van der Waals surface area contributed by atoms with Crippen molar-refractivity contribution in [3.05, 3.63) is 24.3 Å². The summed E-state index contributed by atoms with van der Waals surface area (Å²) in [5.41, 5.74) is 0.172. The van der Waals surface area contributed by atoms with Crippen molar-refractivity contribution in [2.24, 2.45) is 0 Å². The van der Waals surface area contributed by atoms with Gasteiger partial charge in [-0.25, -0.2) is 0 Å². The third-order valence-corrected chi connectivity index (χ3v) is 2.16. The molecule has 1 aliphatic carbocycles. The Hall–Kier alpha value is -0.600. The van der Waals surface area contributed by atoms with Crippen LogP contribution in [0.15, 0.2) is 24.3 Å². The van der Waals surface area contributed by atoms with Crippen molar-refractivity contribution in [1.82, 2.24) is 10.6 Å². The molecule has 0 spiro atoms. The van der Waals surface area contributed by atoms with Crippen molar-refractivity contribution in [2.75, 3.05) is 20.1 Å². The van der Waals surface area contributed by atoms with Crippen molar-refractivity contribution in [3.63, 3.8) is 0 Å². The summed E-state index contributed by atoms with van der Waals surface area (Å²) in [5.74, 6) is 0. The van der Waals surface area contributed by atoms with Crippen LogP contribution in [0.2, 0.25) is 0 Å². The van der Waals surface area contributed by atoms with E-state index < -0.39 is 0 Å². The maximum atomic E-state index is 3.50. The average Bonchev–Trinajstić information content (AvgIpc) is 2.06. The van der Waals surface area contributed by atoms with E-state index in [1.54, 1.807) is 0 Å². The fraction of sp³-hybridized carbons (Fsp3) is 0.600. The minimum absolute atomic E-state index is 0.172. The highest BCUT2D eigenvalue weighted by Crippen LogP contribution is 2.15. The van der Waals surface area contributed by atoms with Gasteiger partial charge >= 0.3 is 0 Å². The summed E-state index contributed by atoms with van der Waals surface area (Å²) in [6.07, 6.45) is 9.72. The van der Waals surface area contributed by atoms with Gasteiger partial charge in [0.2, 0.25) is 0 Å². The molecule has 68 valence electrons. The maximum Gasteiger partial charge on any atom is 0.0374 e. The highest BCUT2D eigenvalue weighted by Gasteiger charge is 2.18. The predicted octanol–water partition coefficient (Wildman–Crippen LogP) is 1.07. The second-order valence-corrected chi connectivity index (χ2v) is 3.44. The van der Waals surface area contributed by atoms with Crippen LogP contribution in [0.25, 0.3) is 0 Å². The van der Waals surface area contributed by atoms with Gasteiger partial charge in [0.05, 0.1) is 0 Å². The molecule has 0 aliphatic heterocycles. The Morgan fingerprint density at radius 3 is 2.75 bits per heavy atom. The van der Waals surface area contributed by atoms with Gasteiger partial charge < -0.3 is 10.6 Å². The zero-order valence-electron chi connectivity index (χ0n) is 7.93. The second kappa shape index (κ2) is 4.43. The Balaban J connectivity index is 2.29. The van der Waals surface area contributed by atoms with Gasteiger partial charge in [-0.05, 0) is 20.4 Å². The highest BCUT2D eigenvalue weighted by atomic mass is 15.0. The van der Waals surface area contributed by atoms with E-state index in [9.17, 15) is 0 Å². The lowest BCUT2D eigenvalue weighted by Crippen LogP contribution is -2.43. The molecule has 1 rings (SSSR count). The summed E-state index contributed by atoms with van der Waals surface area (Å²) < 4.78 is 0. The molecular formula is C10H18N2. The van der Waals surface area contributed by atoms with E-state index in [2.05, 4.69) is 41.9 Å². The van der Waals surface area contributed by atoms with Crippen molar-refractivity contribution in [1.29, 1.82) is 0 Å². The van der Waals surface area contributed by atoms with Gasteiger partial charge in [-0.3, -0.25) is 0 Å². The van der Waals surface area contributed by atoms with Crippen LogP contribution in [0.1, 0.15) is 13.3 Å². The fourth-order valence-electron chi connectivity index (χ4n) is 1.33. The second-order valence-electron chi connectivity index (χ2n) is 3.44. The van der Waals surface area contributed by atoms with Crippen LogP contribution in [0.5, 0.6) is 0 Å². The zero-order chi connectivity index (χ0) is 8.86. The lowest BCUT2D eigenvalue weighted by atomic mass is 9.94. The molecule has 12 heavy (non-hydrogen) atoms. The molecule has 0 saturated heterocycles. The van der Waals surface area contributed by atoms with Gasteiger partial charge in [-0.1, -0.05) is 24.3 Å². The molecule has 0 bridgehead atoms. The van der Waals surface area contributed by atoms with Crippen LogP contribution in [0, 0.1) is 0 Å². The van der Waals surface area contributed by atoms with E-state index >= 15 is 0 Å². The summed E-state index contributed by atoms with van der Waals surface area (Å²) in [4.78, 5) is 0. The average molecular weight is 166 g/mol. The Kier molecular flexibility index (Phi) is 3.50. The molecule has 0 heterocycles. The largest absolute Gasteiger partial charge is 0.318 e. The number of hydrogen-bond donors (Lipinski definition) is 2. The monoisotopic (exact) mass is 166 g/mol. The molecule has 0 aromatic rings. The van der Waals surface area contributed by atoms with Gasteiger partial charge in [-0.15, -0.1) is 0 Å². The van der Waals surface area contributed by atoms with Crippen molar-refractivity contribution >= 4 is 0 Å². The summed E-state index contributed by atoms with van der Waals surface area (Å²) >= 11 is 0. The van der Waals surface area contributed by atoms with Gasteiger partial charge in [0.25, 0.3) is 0 Å². The number of allylic oxidation sites excluding steroid dienone is 2. The molecule has 2 heteroatoms. The van der Waals surface area contributed by atoms with E-state index in [4.69, 9.17) is 0 Å². The molecule has 0 radical (unpaired) electrons. The molecule has 0 fully saturated rings. The number of hydrogen-bond acceptors (Lipinski definition) is 2. The normalized spacial score (nSPS) is 27.8. The van der Waals surface area contributed by atoms with Crippen molar-refractivity contribution in [2.45, 2.75) is 18.9 Å². The number of nitrogens with one attached hydrogen (secondary N) is 2. The topological polar surface area (TPSA) is 24.1 Å². The number of likely N-dealkylation sites (N-methyl/N-ethyl adjacent to an activating group) is 1. The lowest BCUT2D eigenvalue weighted by molar-refractivity contribution is 0.437. The molecule has 0 aromatic carbocycles. The lowest BCUT2D eigenvalue weighted by Gasteiger charge is -2.28. The first-order valence-electron chi connectivity index (χ1n) is 4.51. The summed E-state index contributed by atoms with van der Waals surface area (Å²) in [5, 5.41) is 6.62. The predicted molar refractivity (Wildman–Crippen MR) is 53.2 cm³/mol. The molecule has 2 nitrogen and oxygen atoms in total. The van der Waals surface area contributed by atoms with Gasteiger partial charge in [0.15, 0.2) is 0 Å². The molecule has 2 N–H and O–H groups in total. The van der Waals surface area contributed by atoms with Crippen LogP contribution in [-0.2, 0) is 0 Å². The van der Waals surface area contributed by atoms with Crippen LogP contribution in [-0.4, -0.2) is 25.7 Å². The first-order valence-corrected chi connectivity index (χ1v) is 4.51. The van der Waals surface area contributed by atoms with Gasteiger partial charge in [0, 0.05) is 18.6 Å². The van der Waals surface area contributed by atoms with Crippen LogP contribution in [0.4, 0.5) is 0 Å². The third kappa shape index (κ3) is 2.80. The van der Waals surface area contributed by atoms with Crippen LogP contribution >= 0.6 is 0 Å². The minimum Gasteiger partial charge on any atom is -0.318 e. The van der Waals surface area contributed by atoms with E-state index in [1.165, 1.54) is 0 Å². The minimum atomic E-state index is 0.172. The smallest absolute Gasteiger partial charge is 0.0374 e. The Morgan fingerprint density at radius 2 is 2.17 bits per heavy atom. The van der Waals surface area contributed by atoms with Crippen LogP contribution < -0.4 is 10.6 Å². The molecular weight excluding hydrogens is 148 g/mol. The quantitative estimate of drug-likeness (QED) is 0.610. The summed E-state index contributed by atoms with van der Waals surface area (Å²) in [6.45, 7) is 4.26. The molecule has 0 amide bonds. The maximum absolute atomic E-state index is 3.50. The van der Waals surface area contributed by atoms with Crippen molar-refractivity contribution in [3.8, 4) is 0 Å². The van der Waals surface area contributed by atoms with E-state index in [-0.39, 0.29) is 5.54 Å². The molecule has 1 atom stereocenters. The highest BCUT2D eigenvalue weighted by molar-refractivity contribution is 5.19. The Labute approximate surface area is 74.7 Å². The van der Waals surface area contributed by atoms with E-state index in [0.29, 0.717) is 0 Å². The molecule has 1 unspecified atom stereocenters. The molecule has 0 saturated carbocycles. The Morgan fingerprint density at radius 1 is 1.33 bits per heavy atom. The first kappa shape index (κ1) is 9.49. The first-order chi connectivity index (χ1) is 5.77. The fourth-order valence-corrected chi connectivity index (χ4v) is 1.33. The van der Waals surface area contributed by atoms with E-state index in [0.717, 1.165) is 19.5 Å². The zero-order valence-corrected chi connectivity index (χ0v) is 7.93. The standard InChI is InChI=1S/C10H18N2/c1-10(12-9-8-11-2)6-4-3-5-7-10/h3-6,11-12H,7-9H2,1-2H3.